The Morgan fingerprint density at radius 3 is 2.77 bits per heavy atom. The normalized spacial score (nSPS) is 21.3. The number of aryl methyl sites for hydroxylation is 1. The molecule has 2 aliphatic heterocycles. The van der Waals surface area contributed by atoms with Crippen molar-refractivity contribution in [1.29, 1.82) is 0 Å². The second-order valence-corrected chi connectivity index (χ2v) is 9.06. The fourth-order valence-electron chi connectivity index (χ4n) is 4.38. The summed E-state index contributed by atoms with van der Waals surface area (Å²) in [5.41, 5.74) is 3.01. The van der Waals surface area contributed by atoms with Crippen LogP contribution in [0.2, 0.25) is 0 Å². The van der Waals surface area contributed by atoms with E-state index in [2.05, 4.69) is 30.1 Å². The van der Waals surface area contributed by atoms with Gasteiger partial charge in [-0.25, -0.2) is 9.61 Å². The molecule has 2 aromatic heterocycles. The van der Waals surface area contributed by atoms with E-state index in [9.17, 15) is 18.0 Å². The maximum atomic E-state index is 12.4. The lowest BCUT2D eigenvalue weighted by Gasteiger charge is -2.31. The molecule has 4 rings (SSSR count). The largest absolute Gasteiger partial charge is 0.468 e. The molecule has 0 radical (unpaired) electrons. The minimum absolute atomic E-state index is 0.0135. The van der Waals surface area contributed by atoms with Crippen molar-refractivity contribution in [3.8, 4) is 5.88 Å². The zero-order chi connectivity index (χ0) is 24.8. The number of aromatic nitrogens is 3. The summed E-state index contributed by atoms with van der Waals surface area (Å²) in [6, 6.07) is 3.30. The summed E-state index contributed by atoms with van der Waals surface area (Å²) in [5, 5.41) is 10.4. The van der Waals surface area contributed by atoms with E-state index in [0.717, 1.165) is 56.6 Å². The van der Waals surface area contributed by atoms with Crippen LogP contribution in [0.25, 0.3) is 0 Å². The van der Waals surface area contributed by atoms with Crippen molar-refractivity contribution in [3.63, 3.8) is 0 Å². The zero-order valence-electron chi connectivity index (χ0n) is 19.6. The average molecular weight is 498 g/mol. The van der Waals surface area contributed by atoms with E-state index in [1.54, 1.807) is 6.92 Å². The summed E-state index contributed by atoms with van der Waals surface area (Å²) in [5.74, 6) is -0.111. The van der Waals surface area contributed by atoms with Gasteiger partial charge in [-0.05, 0) is 38.2 Å². The molecule has 0 unspecified atom stereocenters. The molecular formula is C23H30F3N5O4. The summed E-state index contributed by atoms with van der Waals surface area (Å²) in [4.78, 5) is 18.9. The quantitative estimate of drug-likeness (QED) is 0.593. The summed E-state index contributed by atoms with van der Waals surface area (Å²) in [6.45, 7) is 3.39. The van der Waals surface area contributed by atoms with Crippen LogP contribution < -0.4 is 10.1 Å². The second kappa shape index (κ2) is 11.3. The number of carbonyl (C=O) groups excluding carboxylic acids is 1. The molecule has 1 fully saturated rings. The fraction of sp³-hybridized carbons (Fsp3) is 0.652. The number of hydrogen-bond acceptors (Lipinski definition) is 8. The van der Waals surface area contributed by atoms with Gasteiger partial charge in [0.05, 0.1) is 25.2 Å². The first kappa shape index (κ1) is 25.4. The average Bonchev–Trinajstić information content (AvgIpc) is 3.10. The van der Waals surface area contributed by atoms with E-state index in [1.165, 1.54) is 6.07 Å². The van der Waals surface area contributed by atoms with E-state index >= 15 is 0 Å². The van der Waals surface area contributed by atoms with Crippen molar-refractivity contribution in [2.24, 2.45) is 0 Å². The highest BCUT2D eigenvalue weighted by atomic mass is 19.4. The Morgan fingerprint density at radius 2 is 2.06 bits per heavy atom. The molecule has 0 aliphatic carbocycles. The molecule has 0 saturated carbocycles. The molecule has 0 spiro atoms. The van der Waals surface area contributed by atoms with E-state index < -0.39 is 12.8 Å². The highest BCUT2D eigenvalue weighted by Gasteiger charge is 2.29. The molecule has 1 saturated heterocycles. The Labute approximate surface area is 201 Å². The molecule has 0 aromatic carbocycles. The number of rotatable bonds is 8. The van der Waals surface area contributed by atoms with Gasteiger partial charge in [-0.2, -0.15) is 13.2 Å². The first-order valence-corrected chi connectivity index (χ1v) is 11.8. The number of hydrogen-bond donors (Lipinski definition) is 1. The lowest BCUT2D eigenvalue weighted by molar-refractivity contribution is -0.154. The molecule has 2 aliphatic rings. The number of nitrogens with zero attached hydrogens (tertiary/aromatic N) is 4. The minimum atomic E-state index is -4.38. The molecule has 4 heterocycles. The SMILES string of the molecule is Cc1nonc1CC(=O)N[C@H]1CC[C@H](CCN2CCc3ccc(OCC(F)(F)F)nc3CC2)OC1. The molecule has 35 heavy (non-hydrogen) atoms. The van der Waals surface area contributed by atoms with Crippen LogP contribution in [0, 0.1) is 6.92 Å². The predicted molar refractivity (Wildman–Crippen MR) is 118 cm³/mol. The Hall–Kier alpha value is -2.73. The smallest absolute Gasteiger partial charge is 0.422 e. The van der Waals surface area contributed by atoms with Crippen molar-refractivity contribution in [2.75, 3.05) is 32.8 Å². The number of nitrogens with one attached hydrogen (secondary N) is 1. The summed E-state index contributed by atoms with van der Waals surface area (Å²) < 4.78 is 52.6. The number of alkyl halides is 3. The highest BCUT2D eigenvalue weighted by molar-refractivity contribution is 5.78. The molecular weight excluding hydrogens is 467 g/mol. The van der Waals surface area contributed by atoms with Crippen molar-refractivity contribution in [1.82, 2.24) is 25.5 Å². The van der Waals surface area contributed by atoms with Crippen LogP contribution in [0.4, 0.5) is 13.2 Å². The van der Waals surface area contributed by atoms with Gasteiger partial charge < -0.3 is 19.7 Å². The minimum Gasteiger partial charge on any atom is -0.468 e. The first-order valence-electron chi connectivity index (χ1n) is 11.8. The van der Waals surface area contributed by atoms with Crippen molar-refractivity contribution in [3.05, 3.63) is 34.8 Å². The third-order valence-corrected chi connectivity index (χ3v) is 6.37. The Morgan fingerprint density at radius 1 is 1.23 bits per heavy atom. The van der Waals surface area contributed by atoms with Crippen LogP contribution in [0.1, 0.15) is 41.9 Å². The lowest BCUT2D eigenvalue weighted by Crippen LogP contribution is -2.44. The summed E-state index contributed by atoms with van der Waals surface area (Å²) in [7, 11) is 0. The van der Waals surface area contributed by atoms with E-state index in [0.29, 0.717) is 24.4 Å². The van der Waals surface area contributed by atoms with Crippen LogP contribution in [0.15, 0.2) is 16.8 Å². The second-order valence-electron chi connectivity index (χ2n) is 9.06. The van der Waals surface area contributed by atoms with E-state index in [1.807, 2.05) is 6.07 Å². The fourth-order valence-corrected chi connectivity index (χ4v) is 4.38. The summed E-state index contributed by atoms with van der Waals surface area (Å²) in [6.07, 6.45) is -0.0525. The van der Waals surface area contributed by atoms with Gasteiger partial charge in [0.1, 0.15) is 11.4 Å². The van der Waals surface area contributed by atoms with Gasteiger partial charge in [0, 0.05) is 37.8 Å². The number of pyridine rings is 1. The molecule has 1 amide bonds. The maximum absolute atomic E-state index is 12.4. The third-order valence-electron chi connectivity index (χ3n) is 6.37. The topological polar surface area (TPSA) is 103 Å². The lowest BCUT2D eigenvalue weighted by atomic mass is 10.0. The van der Waals surface area contributed by atoms with Gasteiger partial charge in [0.15, 0.2) is 6.61 Å². The third kappa shape index (κ3) is 7.63. The monoisotopic (exact) mass is 497 g/mol. The summed E-state index contributed by atoms with van der Waals surface area (Å²) >= 11 is 0. The molecule has 12 heteroatoms. The molecule has 1 N–H and O–H groups in total. The van der Waals surface area contributed by atoms with Crippen LogP contribution in [0.5, 0.6) is 5.88 Å². The molecule has 9 nitrogen and oxygen atoms in total. The van der Waals surface area contributed by atoms with E-state index in [4.69, 9.17) is 9.47 Å². The number of carbonyl (C=O) groups is 1. The van der Waals surface area contributed by atoms with Gasteiger partial charge >= 0.3 is 6.18 Å². The molecule has 2 atom stereocenters. The standard InChI is InChI=1S/C23H30F3N5O4/c1-15-20(30-35-29-15)12-21(32)27-17-3-4-18(33-13-17)7-10-31-9-6-16-2-5-22(28-19(16)8-11-31)34-14-23(24,25)26/h2,5,17-18H,3-4,6-14H2,1H3,(H,27,32)/t17-,18+/m0/s1. The first-order chi connectivity index (χ1) is 16.7. The predicted octanol–water partition coefficient (Wildman–Crippen LogP) is 2.41. The Bertz CT molecular complexity index is 992. The zero-order valence-corrected chi connectivity index (χ0v) is 19.6. The number of ether oxygens (including phenoxy) is 2. The van der Waals surface area contributed by atoms with Crippen LogP contribution in [-0.4, -0.2) is 77.3 Å². The van der Waals surface area contributed by atoms with Gasteiger partial charge in [-0.15, -0.1) is 0 Å². The van der Waals surface area contributed by atoms with E-state index in [-0.39, 0.29) is 30.4 Å². The van der Waals surface area contributed by atoms with Crippen molar-refractivity contribution >= 4 is 5.91 Å². The number of amides is 1. The Balaban J connectivity index is 1.16. The van der Waals surface area contributed by atoms with Crippen molar-refractivity contribution in [2.45, 2.75) is 63.8 Å². The van der Waals surface area contributed by atoms with Crippen LogP contribution in [0.3, 0.4) is 0 Å². The maximum Gasteiger partial charge on any atom is 0.422 e. The molecule has 2 aromatic rings. The Kier molecular flexibility index (Phi) is 8.22. The van der Waals surface area contributed by atoms with Crippen LogP contribution in [-0.2, 0) is 28.8 Å². The van der Waals surface area contributed by atoms with Gasteiger partial charge in [-0.3, -0.25) is 4.79 Å². The highest BCUT2D eigenvalue weighted by Crippen LogP contribution is 2.22. The van der Waals surface area contributed by atoms with Gasteiger partial charge in [-0.1, -0.05) is 16.4 Å². The number of halogens is 3. The molecule has 0 bridgehead atoms. The molecule has 192 valence electrons. The number of fused-ring (bicyclic) bond motifs is 1. The van der Waals surface area contributed by atoms with Gasteiger partial charge in [0.25, 0.3) is 0 Å². The van der Waals surface area contributed by atoms with Gasteiger partial charge in [0.2, 0.25) is 11.8 Å². The van der Waals surface area contributed by atoms with Crippen LogP contribution >= 0.6 is 0 Å². The van der Waals surface area contributed by atoms with Crippen molar-refractivity contribution < 1.29 is 32.1 Å².